The van der Waals surface area contributed by atoms with Gasteiger partial charge in [0.15, 0.2) is 5.82 Å². The van der Waals surface area contributed by atoms with Crippen LogP contribution in [0.15, 0.2) is 6.20 Å². The van der Waals surface area contributed by atoms with Crippen LogP contribution in [-0.4, -0.2) is 58.0 Å². The Morgan fingerprint density at radius 2 is 1.87 bits per heavy atom. The summed E-state index contributed by atoms with van der Waals surface area (Å²) in [4.78, 5) is 41.6. The fourth-order valence-corrected chi connectivity index (χ4v) is 4.30. The molecule has 3 fully saturated rings. The molecule has 2 aliphatic carbocycles. The number of amides is 3. The van der Waals surface area contributed by atoms with Crippen molar-refractivity contribution in [1.29, 1.82) is 0 Å². The largest absolute Gasteiger partial charge is 0.365 e. The number of carbonyl (C=O) groups excluding carboxylic acids is 3. The van der Waals surface area contributed by atoms with Gasteiger partial charge in [-0.3, -0.25) is 19.1 Å². The zero-order valence-corrected chi connectivity index (χ0v) is 16.9. The molecular weight excluding hydrogens is 410 g/mol. The number of piperidine rings is 1. The number of carbonyl (C=O) groups is 3. The highest BCUT2D eigenvalue weighted by molar-refractivity contribution is 6.02. The van der Waals surface area contributed by atoms with Crippen LogP contribution in [-0.2, 0) is 15.1 Å². The van der Waals surface area contributed by atoms with Gasteiger partial charge in [-0.15, -0.1) is 0 Å². The molecule has 0 unspecified atom stereocenters. The molecule has 0 aromatic carbocycles. The lowest BCUT2D eigenvalue weighted by Gasteiger charge is -2.42. The number of aromatic nitrogens is 2. The number of nitrogens with zero attached hydrogens (tertiary/aromatic N) is 4. The molecule has 166 valence electrons. The Labute approximate surface area is 177 Å². The van der Waals surface area contributed by atoms with Crippen molar-refractivity contribution < 1.29 is 23.2 Å². The lowest BCUT2D eigenvalue weighted by Crippen LogP contribution is -2.53. The Morgan fingerprint density at radius 3 is 2.39 bits per heavy atom. The summed E-state index contributed by atoms with van der Waals surface area (Å²) < 4.78 is 27.8. The summed E-state index contributed by atoms with van der Waals surface area (Å²) in [6.07, 6.45) is 2.94. The van der Waals surface area contributed by atoms with E-state index in [0.29, 0.717) is 25.9 Å². The first-order valence-corrected chi connectivity index (χ1v) is 10.3. The molecule has 1 aromatic rings. The molecule has 31 heavy (non-hydrogen) atoms. The molecule has 0 bridgehead atoms. The van der Waals surface area contributed by atoms with Gasteiger partial charge in [0.25, 0.3) is 5.91 Å². The quantitative estimate of drug-likeness (QED) is 0.662. The maximum atomic E-state index is 13.1. The van der Waals surface area contributed by atoms with E-state index >= 15 is 0 Å². The molecule has 1 aliphatic heterocycles. The first-order chi connectivity index (χ1) is 14.6. The van der Waals surface area contributed by atoms with Gasteiger partial charge in [0.2, 0.25) is 24.3 Å². The van der Waals surface area contributed by atoms with Crippen LogP contribution < -0.4 is 11.1 Å². The van der Waals surface area contributed by atoms with Gasteiger partial charge in [0.05, 0.1) is 0 Å². The monoisotopic (exact) mass is 434 g/mol. The minimum Gasteiger partial charge on any atom is -0.365 e. The highest BCUT2D eigenvalue weighted by Gasteiger charge is 2.51. The van der Waals surface area contributed by atoms with Crippen molar-refractivity contribution in [3.8, 4) is 0 Å². The van der Waals surface area contributed by atoms with Crippen LogP contribution >= 0.6 is 0 Å². The lowest BCUT2D eigenvalue weighted by atomic mass is 9.79. The molecule has 3 aliphatic rings. The average Bonchev–Trinajstić information content (AvgIpc) is 3.46. The molecule has 2 saturated carbocycles. The van der Waals surface area contributed by atoms with Crippen molar-refractivity contribution in [1.82, 2.24) is 14.7 Å². The second kappa shape index (κ2) is 7.59. The molecule has 1 aromatic heterocycles. The zero-order chi connectivity index (χ0) is 22.4. The second-order valence-electron chi connectivity index (χ2n) is 8.79. The predicted molar refractivity (Wildman–Crippen MR) is 105 cm³/mol. The Hall–Kier alpha value is -3.03. The fourth-order valence-electron chi connectivity index (χ4n) is 4.30. The maximum absolute atomic E-state index is 13.1. The molecule has 0 radical (unpaired) electrons. The molecule has 0 atom stereocenters. The molecule has 11 heteroatoms. The summed E-state index contributed by atoms with van der Waals surface area (Å²) in [6.45, 7) is 8.04. The van der Waals surface area contributed by atoms with E-state index < -0.39 is 36.1 Å². The van der Waals surface area contributed by atoms with Crippen molar-refractivity contribution in [2.45, 2.75) is 50.0 Å². The number of hydrogen-bond acceptors (Lipinski definition) is 4. The third-order valence-corrected chi connectivity index (χ3v) is 6.47. The Bertz CT molecular complexity index is 949. The van der Waals surface area contributed by atoms with E-state index in [2.05, 4.69) is 15.3 Å². The van der Waals surface area contributed by atoms with Crippen molar-refractivity contribution in [3.63, 3.8) is 0 Å². The normalized spacial score (nSPS) is 22.3. The van der Waals surface area contributed by atoms with Crippen LogP contribution in [0.5, 0.6) is 0 Å². The highest BCUT2D eigenvalue weighted by atomic mass is 19.3. The van der Waals surface area contributed by atoms with Gasteiger partial charge in [0, 0.05) is 44.0 Å². The van der Waals surface area contributed by atoms with Crippen LogP contribution in [0.1, 0.15) is 48.9 Å². The molecule has 3 N–H and O–H groups in total. The lowest BCUT2D eigenvalue weighted by molar-refractivity contribution is -0.161. The summed E-state index contributed by atoms with van der Waals surface area (Å²) in [5.74, 6) is -4.67. The molecule has 2 heterocycles. The second-order valence-corrected chi connectivity index (χ2v) is 8.79. The minimum atomic E-state index is -2.76. The third kappa shape index (κ3) is 4.11. The third-order valence-electron chi connectivity index (χ3n) is 6.47. The van der Waals surface area contributed by atoms with Gasteiger partial charge < -0.3 is 20.8 Å². The first kappa shape index (κ1) is 21.2. The number of likely N-dealkylation sites (tertiary alicyclic amines) is 1. The number of primary amides is 1. The number of nitrogens with two attached hydrogens (primary N) is 1. The van der Waals surface area contributed by atoms with Crippen molar-refractivity contribution in [2.75, 3.05) is 25.0 Å². The van der Waals surface area contributed by atoms with Crippen LogP contribution in [0.4, 0.5) is 14.6 Å². The van der Waals surface area contributed by atoms with Gasteiger partial charge in [-0.2, -0.15) is 5.10 Å². The van der Waals surface area contributed by atoms with E-state index in [1.165, 1.54) is 10.9 Å². The zero-order valence-electron chi connectivity index (χ0n) is 16.9. The Morgan fingerprint density at radius 1 is 1.23 bits per heavy atom. The number of rotatable bonds is 6. The molecule has 9 nitrogen and oxygen atoms in total. The molecule has 0 spiro atoms. The first-order valence-electron chi connectivity index (χ1n) is 10.3. The van der Waals surface area contributed by atoms with Gasteiger partial charge in [-0.1, -0.05) is 0 Å². The number of anilines is 1. The van der Waals surface area contributed by atoms with Crippen LogP contribution in [0.25, 0.3) is 4.85 Å². The summed E-state index contributed by atoms with van der Waals surface area (Å²) >= 11 is 0. The molecular formula is C20H24F2N6O3. The summed E-state index contributed by atoms with van der Waals surface area (Å²) in [5, 5.41) is 7.04. The van der Waals surface area contributed by atoms with Gasteiger partial charge in [-0.25, -0.2) is 15.4 Å². The number of halogens is 2. The standard InChI is InChI=1S/C20H24F2N6O3/c1-24-11-19(4-6-27(7-5-19)18(31)13-8-20(21,22)9-13)28-10-14(15(23)29)16(26-28)25-17(30)12-2-3-12/h10,12-13H,2-9,11H2,(H2,23,29)(H,25,26,30). The predicted octanol–water partition coefficient (Wildman–Crippen LogP) is 1.61. The van der Waals surface area contributed by atoms with Crippen molar-refractivity contribution >= 4 is 23.5 Å². The van der Waals surface area contributed by atoms with E-state index in [0.717, 1.165) is 12.8 Å². The van der Waals surface area contributed by atoms with Crippen LogP contribution in [0.3, 0.4) is 0 Å². The molecule has 4 rings (SSSR count). The Balaban J connectivity index is 1.51. The van der Waals surface area contributed by atoms with Crippen molar-refractivity contribution in [2.24, 2.45) is 17.6 Å². The Kier molecular flexibility index (Phi) is 5.19. The SMILES string of the molecule is [C-]#[N+]CC1(n2cc(C(N)=O)c(NC(=O)C3CC3)n2)CCN(C(=O)C2CC(F)(F)C2)CC1. The maximum Gasteiger partial charge on any atom is 0.254 e. The fraction of sp³-hybridized carbons (Fsp3) is 0.650. The number of hydrogen-bond donors (Lipinski definition) is 2. The number of nitrogens with one attached hydrogen (secondary N) is 1. The average molecular weight is 434 g/mol. The summed E-state index contributed by atoms with van der Waals surface area (Å²) in [5.41, 5.74) is 4.74. The van der Waals surface area contributed by atoms with E-state index in [9.17, 15) is 23.2 Å². The minimum absolute atomic E-state index is 0.0619. The van der Waals surface area contributed by atoms with Gasteiger partial charge >= 0.3 is 0 Å². The smallest absolute Gasteiger partial charge is 0.254 e. The van der Waals surface area contributed by atoms with E-state index in [4.69, 9.17) is 12.3 Å². The van der Waals surface area contributed by atoms with Crippen LogP contribution in [0.2, 0.25) is 0 Å². The topological polar surface area (TPSA) is 115 Å². The summed E-state index contributed by atoms with van der Waals surface area (Å²) in [6, 6.07) is 0. The van der Waals surface area contributed by atoms with E-state index in [-0.39, 0.29) is 35.7 Å². The van der Waals surface area contributed by atoms with Crippen LogP contribution in [0, 0.1) is 18.4 Å². The highest BCUT2D eigenvalue weighted by Crippen LogP contribution is 2.44. The summed E-state index contributed by atoms with van der Waals surface area (Å²) in [7, 11) is 0. The van der Waals surface area contributed by atoms with E-state index in [1.54, 1.807) is 4.90 Å². The molecule has 1 saturated heterocycles. The van der Waals surface area contributed by atoms with E-state index in [1.807, 2.05) is 0 Å². The number of alkyl halides is 2. The van der Waals surface area contributed by atoms with Crippen molar-refractivity contribution in [3.05, 3.63) is 23.2 Å². The van der Waals surface area contributed by atoms with Gasteiger partial charge in [0.1, 0.15) is 11.1 Å². The molecule has 3 amide bonds. The van der Waals surface area contributed by atoms with Gasteiger partial charge in [-0.05, 0) is 25.7 Å².